The number of nitrogens with one attached hydrogen (secondary N) is 1. The molecule has 1 amide bonds. The van der Waals surface area contributed by atoms with Crippen LogP contribution in [-0.4, -0.2) is 22.0 Å². The maximum atomic E-state index is 12.1. The Morgan fingerprint density at radius 2 is 1.71 bits per heavy atom. The highest BCUT2D eigenvalue weighted by Crippen LogP contribution is 2.20. The summed E-state index contributed by atoms with van der Waals surface area (Å²) in [5.41, 5.74) is 5.54. The molecular weight excluding hydrogens is 382 g/mol. The molecule has 1 N–H and O–H groups in total. The number of imidazole rings is 1. The first-order valence-electron chi connectivity index (χ1n) is 11.0. The lowest BCUT2D eigenvalue weighted by atomic mass is 10.1. The standard InChI is InChI=1S/C27H29N3O/c1-21-11-10-12-22(19-21)20-30-25-16-8-7-15-24(25)29-26(30)17-6-3-9-18-28-27(31)23-13-4-2-5-14-23/h2,4-5,7-8,10-16,19H,3,6,9,17-18,20H2,1H3,(H,28,31). The van der Waals surface area contributed by atoms with Gasteiger partial charge in [-0.2, -0.15) is 0 Å². The second-order valence-corrected chi connectivity index (χ2v) is 8.02. The molecule has 0 atom stereocenters. The van der Waals surface area contributed by atoms with Crippen LogP contribution in [0, 0.1) is 6.92 Å². The maximum absolute atomic E-state index is 12.1. The second-order valence-electron chi connectivity index (χ2n) is 8.02. The van der Waals surface area contributed by atoms with Crippen LogP contribution in [0.5, 0.6) is 0 Å². The highest BCUT2D eigenvalue weighted by atomic mass is 16.1. The van der Waals surface area contributed by atoms with Crippen LogP contribution in [0.15, 0.2) is 78.9 Å². The Morgan fingerprint density at radius 3 is 2.55 bits per heavy atom. The average molecular weight is 412 g/mol. The molecule has 3 aromatic carbocycles. The van der Waals surface area contributed by atoms with Crippen molar-refractivity contribution in [2.24, 2.45) is 0 Å². The fourth-order valence-corrected chi connectivity index (χ4v) is 3.96. The third-order valence-corrected chi connectivity index (χ3v) is 5.56. The van der Waals surface area contributed by atoms with Gasteiger partial charge < -0.3 is 9.88 Å². The van der Waals surface area contributed by atoms with E-state index in [0.29, 0.717) is 12.1 Å². The van der Waals surface area contributed by atoms with Crippen molar-refractivity contribution < 1.29 is 4.79 Å². The third kappa shape index (κ3) is 5.40. The summed E-state index contributed by atoms with van der Waals surface area (Å²) >= 11 is 0. The molecule has 4 nitrogen and oxygen atoms in total. The van der Waals surface area contributed by atoms with Crippen molar-refractivity contribution in [2.75, 3.05) is 6.54 Å². The number of unbranched alkanes of at least 4 members (excludes halogenated alkanes) is 2. The molecule has 0 aliphatic carbocycles. The Hall–Kier alpha value is -3.40. The predicted octanol–water partition coefficient (Wildman–Crippen LogP) is 5.54. The summed E-state index contributed by atoms with van der Waals surface area (Å²) < 4.78 is 2.35. The largest absolute Gasteiger partial charge is 0.352 e. The Bertz CT molecular complexity index is 1150. The van der Waals surface area contributed by atoms with E-state index in [2.05, 4.69) is 59.3 Å². The van der Waals surface area contributed by atoms with E-state index in [1.165, 1.54) is 16.6 Å². The molecular formula is C27H29N3O. The first-order chi connectivity index (χ1) is 15.2. The summed E-state index contributed by atoms with van der Waals surface area (Å²) in [6.07, 6.45) is 4.02. The van der Waals surface area contributed by atoms with E-state index in [9.17, 15) is 4.79 Å². The molecule has 31 heavy (non-hydrogen) atoms. The van der Waals surface area contributed by atoms with E-state index >= 15 is 0 Å². The molecule has 0 bridgehead atoms. The summed E-state index contributed by atoms with van der Waals surface area (Å²) in [6.45, 7) is 3.67. The molecule has 158 valence electrons. The molecule has 0 unspecified atom stereocenters. The minimum absolute atomic E-state index is 0.000507. The number of aryl methyl sites for hydroxylation is 2. The van der Waals surface area contributed by atoms with Gasteiger partial charge in [0.1, 0.15) is 5.82 Å². The Labute approximate surface area is 183 Å². The van der Waals surface area contributed by atoms with Gasteiger partial charge in [0.05, 0.1) is 11.0 Å². The van der Waals surface area contributed by atoms with Crippen molar-refractivity contribution in [3.8, 4) is 0 Å². The normalized spacial score (nSPS) is 11.0. The molecule has 4 aromatic rings. The number of para-hydroxylation sites is 2. The van der Waals surface area contributed by atoms with Crippen molar-refractivity contribution >= 4 is 16.9 Å². The summed E-state index contributed by atoms with van der Waals surface area (Å²) in [4.78, 5) is 17.0. The molecule has 0 spiro atoms. The van der Waals surface area contributed by atoms with Gasteiger partial charge >= 0.3 is 0 Å². The van der Waals surface area contributed by atoms with Gasteiger partial charge in [-0.15, -0.1) is 0 Å². The summed E-state index contributed by atoms with van der Waals surface area (Å²) in [5.74, 6) is 1.14. The van der Waals surface area contributed by atoms with Crippen molar-refractivity contribution in [1.29, 1.82) is 0 Å². The van der Waals surface area contributed by atoms with Gasteiger partial charge in [-0.1, -0.05) is 66.6 Å². The Balaban J connectivity index is 1.33. The molecule has 0 aliphatic heterocycles. The van der Waals surface area contributed by atoms with Gasteiger partial charge in [-0.3, -0.25) is 4.79 Å². The molecule has 4 heteroatoms. The van der Waals surface area contributed by atoms with Crippen LogP contribution in [0.3, 0.4) is 0 Å². The number of hydrogen-bond donors (Lipinski definition) is 1. The van der Waals surface area contributed by atoms with E-state index in [0.717, 1.165) is 43.6 Å². The monoisotopic (exact) mass is 411 g/mol. The first-order valence-corrected chi connectivity index (χ1v) is 11.0. The predicted molar refractivity (Wildman–Crippen MR) is 126 cm³/mol. The van der Waals surface area contributed by atoms with Gasteiger partial charge in [0.2, 0.25) is 0 Å². The zero-order chi connectivity index (χ0) is 21.5. The van der Waals surface area contributed by atoms with Crippen LogP contribution in [0.2, 0.25) is 0 Å². The van der Waals surface area contributed by atoms with E-state index in [4.69, 9.17) is 4.98 Å². The highest BCUT2D eigenvalue weighted by molar-refractivity contribution is 5.94. The number of rotatable bonds is 9. The minimum Gasteiger partial charge on any atom is -0.352 e. The first kappa shape index (κ1) is 20.9. The molecule has 0 aliphatic rings. The van der Waals surface area contributed by atoms with Crippen LogP contribution >= 0.6 is 0 Å². The fourth-order valence-electron chi connectivity index (χ4n) is 3.96. The zero-order valence-electron chi connectivity index (χ0n) is 18.1. The van der Waals surface area contributed by atoms with Crippen molar-refractivity contribution in [1.82, 2.24) is 14.9 Å². The molecule has 4 rings (SSSR count). The number of carbonyl (C=O) groups excluding carboxylic acids is 1. The van der Waals surface area contributed by atoms with Crippen molar-refractivity contribution in [3.63, 3.8) is 0 Å². The molecule has 1 aromatic heterocycles. The van der Waals surface area contributed by atoms with Gasteiger partial charge in [-0.05, 0) is 49.6 Å². The molecule has 0 radical (unpaired) electrons. The lowest BCUT2D eigenvalue weighted by Gasteiger charge is -2.10. The van der Waals surface area contributed by atoms with Crippen LogP contribution < -0.4 is 5.32 Å². The number of nitrogens with zero attached hydrogens (tertiary/aromatic N) is 2. The maximum Gasteiger partial charge on any atom is 0.251 e. The molecule has 0 saturated heterocycles. The molecule has 1 heterocycles. The number of hydrogen-bond acceptors (Lipinski definition) is 2. The lowest BCUT2D eigenvalue weighted by Crippen LogP contribution is -2.24. The summed E-state index contributed by atoms with van der Waals surface area (Å²) in [6, 6.07) is 26.4. The van der Waals surface area contributed by atoms with Gasteiger partial charge in [0.25, 0.3) is 5.91 Å². The fraction of sp³-hybridized carbons (Fsp3) is 0.259. The van der Waals surface area contributed by atoms with E-state index in [1.54, 1.807) is 0 Å². The quantitative estimate of drug-likeness (QED) is 0.368. The second kappa shape index (κ2) is 10.1. The molecule has 0 saturated carbocycles. The van der Waals surface area contributed by atoms with E-state index in [-0.39, 0.29) is 5.91 Å². The van der Waals surface area contributed by atoms with Crippen molar-refractivity contribution in [2.45, 2.75) is 39.2 Å². The van der Waals surface area contributed by atoms with Gasteiger partial charge in [0, 0.05) is 25.1 Å². The number of amides is 1. The SMILES string of the molecule is Cc1cccc(Cn2c(CCCCCNC(=O)c3ccccc3)nc3ccccc32)c1. The van der Waals surface area contributed by atoms with E-state index in [1.807, 2.05) is 36.4 Å². The van der Waals surface area contributed by atoms with Crippen molar-refractivity contribution in [3.05, 3.63) is 101 Å². The van der Waals surface area contributed by atoms with Crippen LogP contribution in [0.4, 0.5) is 0 Å². The smallest absolute Gasteiger partial charge is 0.251 e. The summed E-state index contributed by atoms with van der Waals surface area (Å²) in [5, 5.41) is 3.01. The van der Waals surface area contributed by atoms with Gasteiger partial charge in [0.15, 0.2) is 0 Å². The van der Waals surface area contributed by atoms with Gasteiger partial charge in [-0.25, -0.2) is 4.98 Å². The average Bonchev–Trinajstić information content (AvgIpc) is 3.14. The number of benzene rings is 3. The third-order valence-electron chi connectivity index (χ3n) is 5.56. The van der Waals surface area contributed by atoms with E-state index < -0.39 is 0 Å². The lowest BCUT2D eigenvalue weighted by molar-refractivity contribution is 0.0953. The molecule has 0 fully saturated rings. The number of aromatic nitrogens is 2. The zero-order valence-corrected chi connectivity index (χ0v) is 18.1. The Morgan fingerprint density at radius 1 is 0.903 bits per heavy atom. The Kier molecular flexibility index (Phi) is 6.78. The van der Waals surface area contributed by atoms with Crippen LogP contribution in [-0.2, 0) is 13.0 Å². The highest BCUT2D eigenvalue weighted by Gasteiger charge is 2.11. The number of carbonyl (C=O) groups is 1. The summed E-state index contributed by atoms with van der Waals surface area (Å²) in [7, 11) is 0. The van der Waals surface area contributed by atoms with Crippen LogP contribution in [0.1, 0.15) is 46.6 Å². The van der Waals surface area contributed by atoms with Crippen LogP contribution in [0.25, 0.3) is 11.0 Å². The number of fused-ring (bicyclic) bond motifs is 1. The minimum atomic E-state index is 0.000507. The topological polar surface area (TPSA) is 46.9 Å².